The van der Waals surface area contributed by atoms with E-state index in [4.69, 9.17) is 9.47 Å². The molecular weight excluding hydrogens is 328 g/mol. The summed E-state index contributed by atoms with van der Waals surface area (Å²) in [4.78, 5) is 12.5. The Morgan fingerprint density at radius 1 is 1.15 bits per heavy atom. The molecule has 134 valence electrons. The number of aryl methyl sites for hydroxylation is 2. The van der Waals surface area contributed by atoms with Crippen LogP contribution < -0.4 is 14.9 Å². The van der Waals surface area contributed by atoms with E-state index in [0.717, 1.165) is 30.5 Å². The second-order valence-corrected chi connectivity index (χ2v) is 6.86. The number of hydrazone groups is 1. The zero-order valence-corrected chi connectivity index (χ0v) is 15.0. The molecule has 2 aliphatic rings. The maximum Gasteiger partial charge on any atom is 0.284 e. The van der Waals surface area contributed by atoms with Crippen LogP contribution in [0.4, 0.5) is 0 Å². The van der Waals surface area contributed by atoms with Gasteiger partial charge in [0, 0.05) is 5.56 Å². The molecule has 2 aromatic rings. The lowest BCUT2D eigenvalue weighted by Gasteiger charge is -2.25. The van der Waals surface area contributed by atoms with E-state index in [-0.39, 0.29) is 12.5 Å². The van der Waals surface area contributed by atoms with Crippen molar-refractivity contribution < 1.29 is 14.3 Å². The van der Waals surface area contributed by atoms with E-state index in [9.17, 15) is 4.79 Å². The van der Waals surface area contributed by atoms with Crippen molar-refractivity contribution in [2.75, 3.05) is 6.61 Å². The molecule has 4 rings (SSSR count). The maximum atomic E-state index is 12.5. The Morgan fingerprint density at radius 3 is 2.81 bits per heavy atom. The lowest BCUT2D eigenvalue weighted by Crippen LogP contribution is -2.42. The first kappa shape index (κ1) is 16.6. The highest BCUT2D eigenvalue weighted by atomic mass is 16.6. The molecular formula is C21H22N2O3. The first-order chi connectivity index (χ1) is 12.6. The van der Waals surface area contributed by atoms with E-state index in [1.165, 1.54) is 16.7 Å². The highest BCUT2D eigenvalue weighted by Gasteiger charge is 2.27. The Hall–Kier alpha value is -2.82. The molecule has 0 bridgehead atoms. The van der Waals surface area contributed by atoms with E-state index >= 15 is 0 Å². The fourth-order valence-electron chi connectivity index (χ4n) is 3.61. The topological polar surface area (TPSA) is 59.9 Å². The number of fused-ring (bicyclic) bond motifs is 2. The average Bonchev–Trinajstić information content (AvgIpc) is 2.65. The van der Waals surface area contributed by atoms with E-state index in [1.807, 2.05) is 18.2 Å². The zero-order valence-electron chi connectivity index (χ0n) is 15.0. The minimum Gasteiger partial charge on any atom is -0.485 e. The molecule has 0 spiro atoms. The lowest BCUT2D eigenvalue weighted by atomic mass is 9.86. The van der Waals surface area contributed by atoms with Gasteiger partial charge in [-0.15, -0.1) is 0 Å². The highest BCUT2D eigenvalue weighted by molar-refractivity contribution is 6.03. The molecule has 1 atom stereocenters. The third-order valence-electron chi connectivity index (χ3n) is 4.87. The Labute approximate surface area is 153 Å². The Morgan fingerprint density at radius 2 is 1.96 bits per heavy atom. The summed E-state index contributed by atoms with van der Waals surface area (Å²) in [5, 5.41) is 4.42. The number of para-hydroxylation sites is 2. The number of nitrogens with zero attached hydrogens (tertiary/aromatic N) is 1. The van der Waals surface area contributed by atoms with Crippen molar-refractivity contribution in [2.45, 2.75) is 39.2 Å². The molecule has 0 saturated heterocycles. The molecule has 1 aliphatic carbocycles. The summed E-state index contributed by atoms with van der Waals surface area (Å²) in [6.07, 6.45) is 2.27. The van der Waals surface area contributed by atoms with Crippen molar-refractivity contribution in [1.29, 1.82) is 0 Å². The van der Waals surface area contributed by atoms with E-state index in [1.54, 1.807) is 6.07 Å². The molecule has 1 heterocycles. The maximum absolute atomic E-state index is 12.5. The predicted molar refractivity (Wildman–Crippen MR) is 99.9 cm³/mol. The molecule has 0 radical (unpaired) electrons. The van der Waals surface area contributed by atoms with Gasteiger partial charge < -0.3 is 9.47 Å². The number of rotatable bonds is 2. The molecule has 0 aromatic heterocycles. The zero-order chi connectivity index (χ0) is 18.1. The summed E-state index contributed by atoms with van der Waals surface area (Å²) in [6.45, 7) is 4.41. The smallest absolute Gasteiger partial charge is 0.284 e. The minimum atomic E-state index is -0.698. The van der Waals surface area contributed by atoms with E-state index < -0.39 is 6.10 Å². The predicted octanol–water partition coefficient (Wildman–Crippen LogP) is 3.30. The number of nitrogens with one attached hydrogen (secondary N) is 1. The van der Waals surface area contributed by atoms with Gasteiger partial charge in [0.25, 0.3) is 5.91 Å². The van der Waals surface area contributed by atoms with Gasteiger partial charge in [-0.25, -0.2) is 5.43 Å². The summed E-state index contributed by atoms with van der Waals surface area (Å²) in [7, 11) is 0. The van der Waals surface area contributed by atoms with Crippen molar-refractivity contribution >= 4 is 11.6 Å². The molecule has 0 saturated carbocycles. The molecule has 5 nitrogen and oxygen atoms in total. The molecule has 2 aromatic carbocycles. The van der Waals surface area contributed by atoms with Gasteiger partial charge in [-0.1, -0.05) is 23.8 Å². The van der Waals surface area contributed by atoms with E-state index in [0.29, 0.717) is 11.5 Å². The standard InChI is InChI=1S/C21H22N2O3/c1-13-10-14(2)15-6-5-7-17(16(15)11-13)22-23-21(24)20-12-25-18-8-3-4-9-19(18)26-20/h3-4,8-11,20H,5-7,12H2,1-2H3,(H,23,24). The van der Waals surface area contributed by atoms with E-state index in [2.05, 4.69) is 36.5 Å². The largest absolute Gasteiger partial charge is 0.485 e. The monoisotopic (exact) mass is 350 g/mol. The first-order valence-electron chi connectivity index (χ1n) is 8.97. The van der Waals surface area contributed by atoms with Crippen molar-refractivity contribution in [1.82, 2.24) is 5.43 Å². The van der Waals surface area contributed by atoms with Crippen molar-refractivity contribution in [2.24, 2.45) is 5.10 Å². The number of carbonyl (C=O) groups excluding carboxylic acids is 1. The van der Waals surface area contributed by atoms with Crippen molar-refractivity contribution in [3.05, 3.63) is 58.7 Å². The normalized spacial score (nSPS) is 19.8. The van der Waals surface area contributed by atoms with Gasteiger partial charge in [0.05, 0.1) is 5.71 Å². The molecule has 1 amide bonds. The van der Waals surface area contributed by atoms with Gasteiger partial charge in [-0.2, -0.15) is 5.10 Å². The number of hydrogen-bond acceptors (Lipinski definition) is 4. The van der Waals surface area contributed by atoms with Crippen LogP contribution in [0.25, 0.3) is 0 Å². The number of hydrogen-bond donors (Lipinski definition) is 1. The summed E-state index contributed by atoms with van der Waals surface area (Å²) < 4.78 is 11.3. The molecule has 1 N–H and O–H groups in total. The van der Waals surface area contributed by atoms with Gasteiger partial charge in [-0.3, -0.25) is 4.79 Å². The summed E-state index contributed by atoms with van der Waals surface area (Å²) >= 11 is 0. The summed E-state index contributed by atoms with van der Waals surface area (Å²) in [5.41, 5.74) is 8.60. The molecule has 26 heavy (non-hydrogen) atoms. The fraction of sp³-hybridized carbons (Fsp3) is 0.333. The quantitative estimate of drug-likeness (QED) is 0.846. The van der Waals surface area contributed by atoms with Crippen LogP contribution in [0.5, 0.6) is 11.5 Å². The van der Waals surface area contributed by atoms with Crippen LogP contribution in [0.15, 0.2) is 41.5 Å². The third-order valence-corrected chi connectivity index (χ3v) is 4.87. The van der Waals surface area contributed by atoms with Crippen molar-refractivity contribution in [3.8, 4) is 11.5 Å². The average molecular weight is 350 g/mol. The summed E-state index contributed by atoms with van der Waals surface area (Å²) in [5.74, 6) is 0.958. The van der Waals surface area contributed by atoms with Crippen LogP contribution in [0, 0.1) is 13.8 Å². The molecule has 5 heteroatoms. The van der Waals surface area contributed by atoms with Crippen LogP contribution in [0.1, 0.15) is 35.1 Å². The number of carbonyl (C=O) groups is 1. The Kier molecular flexibility index (Phi) is 4.37. The SMILES string of the molecule is Cc1cc(C)c2c(c1)C(=NNC(=O)C1COc3ccccc3O1)CCC2. The van der Waals surface area contributed by atoms with Crippen LogP contribution in [0.3, 0.4) is 0 Å². The molecule has 1 unspecified atom stereocenters. The number of benzene rings is 2. The summed E-state index contributed by atoms with van der Waals surface area (Å²) in [6, 6.07) is 11.7. The minimum absolute atomic E-state index is 0.183. The molecule has 1 aliphatic heterocycles. The van der Waals surface area contributed by atoms with Crippen LogP contribution >= 0.6 is 0 Å². The van der Waals surface area contributed by atoms with Gasteiger partial charge in [0.2, 0.25) is 6.10 Å². The van der Waals surface area contributed by atoms with Gasteiger partial charge in [0.15, 0.2) is 11.5 Å². The van der Waals surface area contributed by atoms with Crippen LogP contribution in [-0.4, -0.2) is 24.3 Å². The highest BCUT2D eigenvalue weighted by Crippen LogP contribution is 2.31. The van der Waals surface area contributed by atoms with Gasteiger partial charge >= 0.3 is 0 Å². The van der Waals surface area contributed by atoms with Crippen LogP contribution in [-0.2, 0) is 11.2 Å². The third kappa shape index (κ3) is 3.17. The number of ether oxygens (including phenoxy) is 2. The second-order valence-electron chi connectivity index (χ2n) is 6.86. The number of amides is 1. The van der Waals surface area contributed by atoms with Crippen LogP contribution in [0.2, 0.25) is 0 Å². The lowest BCUT2D eigenvalue weighted by molar-refractivity contribution is -0.130. The first-order valence-corrected chi connectivity index (χ1v) is 8.97. The second kappa shape index (κ2) is 6.83. The van der Waals surface area contributed by atoms with Gasteiger partial charge in [-0.05, 0) is 62.4 Å². The Balaban J connectivity index is 1.50. The Bertz CT molecular complexity index is 889. The fourth-order valence-corrected chi connectivity index (χ4v) is 3.61. The van der Waals surface area contributed by atoms with Crippen molar-refractivity contribution in [3.63, 3.8) is 0 Å². The molecule has 0 fully saturated rings. The van der Waals surface area contributed by atoms with Gasteiger partial charge in [0.1, 0.15) is 6.61 Å².